The van der Waals surface area contributed by atoms with Crippen molar-refractivity contribution in [3.63, 3.8) is 0 Å². The van der Waals surface area contributed by atoms with Crippen molar-refractivity contribution in [1.82, 2.24) is 10.3 Å². The predicted octanol–water partition coefficient (Wildman–Crippen LogP) is 3.79. The van der Waals surface area contributed by atoms with Gasteiger partial charge in [0.15, 0.2) is 0 Å². The molecule has 0 radical (unpaired) electrons. The first-order valence-corrected chi connectivity index (χ1v) is 8.46. The van der Waals surface area contributed by atoms with Crippen LogP contribution in [0, 0.1) is 0 Å². The predicted molar refractivity (Wildman–Crippen MR) is 101 cm³/mol. The molecule has 1 heterocycles. The van der Waals surface area contributed by atoms with E-state index in [1.807, 2.05) is 0 Å². The Kier molecular flexibility index (Phi) is 5.67. The number of hydrogen-bond donors (Lipinski definition) is 2. The molecule has 0 saturated carbocycles. The summed E-state index contributed by atoms with van der Waals surface area (Å²) in [5.41, 5.74) is 0.991. The Morgan fingerprint density at radius 1 is 1.03 bits per heavy atom. The van der Waals surface area contributed by atoms with Gasteiger partial charge in [-0.25, -0.2) is 4.98 Å². The van der Waals surface area contributed by atoms with Crippen molar-refractivity contribution in [3.8, 4) is 5.75 Å². The van der Waals surface area contributed by atoms with Crippen LogP contribution in [0.4, 0.5) is 18.9 Å². The van der Waals surface area contributed by atoms with Gasteiger partial charge in [0.1, 0.15) is 18.0 Å². The number of benzene rings is 2. The van der Waals surface area contributed by atoms with Crippen molar-refractivity contribution < 1.29 is 27.5 Å². The molecule has 6 nitrogen and oxygen atoms in total. The number of carbonyl (C=O) groups excluding carboxylic acids is 2. The van der Waals surface area contributed by atoms with Crippen LogP contribution in [0.3, 0.4) is 0 Å². The molecule has 0 fully saturated rings. The molecule has 0 aliphatic carbocycles. The first-order chi connectivity index (χ1) is 13.7. The molecule has 0 aliphatic rings. The fourth-order valence-corrected chi connectivity index (χ4v) is 2.57. The van der Waals surface area contributed by atoms with Crippen molar-refractivity contribution in [3.05, 3.63) is 65.9 Å². The van der Waals surface area contributed by atoms with E-state index in [1.54, 1.807) is 36.7 Å². The Morgan fingerprint density at radius 3 is 2.55 bits per heavy atom. The molecule has 2 amide bonds. The van der Waals surface area contributed by atoms with Gasteiger partial charge < -0.3 is 15.4 Å². The molecule has 0 unspecified atom stereocenters. The first-order valence-electron chi connectivity index (χ1n) is 8.46. The molecule has 2 aromatic carbocycles. The molecular formula is C20H16F3N3O3. The first kappa shape index (κ1) is 20.1. The second-order valence-electron chi connectivity index (χ2n) is 6.09. The smallest absolute Gasteiger partial charge is 0.405 e. The van der Waals surface area contributed by atoms with Gasteiger partial charge in [-0.15, -0.1) is 0 Å². The van der Waals surface area contributed by atoms with Crippen LogP contribution in [0.15, 0.2) is 54.6 Å². The van der Waals surface area contributed by atoms with Gasteiger partial charge in [0.25, 0.3) is 11.8 Å². The average molecular weight is 403 g/mol. The largest absolute Gasteiger partial charge is 0.497 e. The second kappa shape index (κ2) is 8.17. The number of fused-ring (bicyclic) bond motifs is 1. The van der Waals surface area contributed by atoms with Gasteiger partial charge in [0, 0.05) is 16.6 Å². The van der Waals surface area contributed by atoms with Crippen LogP contribution in [-0.4, -0.2) is 36.6 Å². The van der Waals surface area contributed by atoms with E-state index in [1.165, 1.54) is 30.3 Å². The quantitative estimate of drug-likeness (QED) is 0.679. The molecule has 0 saturated heterocycles. The molecule has 3 rings (SSSR count). The topological polar surface area (TPSA) is 80.3 Å². The summed E-state index contributed by atoms with van der Waals surface area (Å²) in [4.78, 5) is 28.6. The molecule has 0 spiro atoms. The van der Waals surface area contributed by atoms with E-state index in [-0.39, 0.29) is 16.9 Å². The summed E-state index contributed by atoms with van der Waals surface area (Å²) >= 11 is 0. The maximum atomic E-state index is 12.5. The van der Waals surface area contributed by atoms with Crippen LogP contribution in [-0.2, 0) is 0 Å². The monoisotopic (exact) mass is 403 g/mol. The van der Waals surface area contributed by atoms with E-state index in [2.05, 4.69) is 10.3 Å². The van der Waals surface area contributed by atoms with Gasteiger partial charge >= 0.3 is 6.18 Å². The van der Waals surface area contributed by atoms with Crippen LogP contribution < -0.4 is 15.4 Å². The highest BCUT2D eigenvalue weighted by atomic mass is 19.4. The lowest BCUT2D eigenvalue weighted by Crippen LogP contribution is -2.33. The number of nitrogens with zero attached hydrogens (tertiary/aromatic N) is 1. The zero-order chi connectivity index (χ0) is 21.0. The van der Waals surface area contributed by atoms with Crippen LogP contribution in [0.1, 0.15) is 20.8 Å². The highest BCUT2D eigenvalue weighted by Gasteiger charge is 2.27. The van der Waals surface area contributed by atoms with Gasteiger partial charge in [-0.2, -0.15) is 13.2 Å². The zero-order valence-electron chi connectivity index (χ0n) is 15.2. The lowest BCUT2D eigenvalue weighted by atomic mass is 10.1. The summed E-state index contributed by atoms with van der Waals surface area (Å²) in [5, 5.41) is 5.16. The van der Waals surface area contributed by atoms with E-state index in [0.29, 0.717) is 11.3 Å². The standard InChI is InChI=1S/C20H16F3N3O3/c1-29-15-6-8-16-12(10-15)5-7-17(26-16)19(28)25-14-4-2-3-13(9-14)18(27)24-11-20(21,22)23/h2-10H,11H2,1H3,(H,24,27)(H,25,28). The highest BCUT2D eigenvalue weighted by Crippen LogP contribution is 2.20. The summed E-state index contributed by atoms with van der Waals surface area (Å²) in [6.45, 7) is -1.44. The van der Waals surface area contributed by atoms with E-state index < -0.39 is 24.5 Å². The zero-order valence-corrected chi connectivity index (χ0v) is 15.2. The van der Waals surface area contributed by atoms with Crippen LogP contribution in [0.2, 0.25) is 0 Å². The summed E-state index contributed by atoms with van der Waals surface area (Å²) in [6.07, 6.45) is -4.51. The molecule has 1 aromatic heterocycles. The van der Waals surface area contributed by atoms with Gasteiger partial charge in [-0.1, -0.05) is 12.1 Å². The number of ether oxygens (including phenoxy) is 1. The van der Waals surface area contributed by atoms with Crippen molar-refractivity contribution >= 4 is 28.4 Å². The number of hydrogen-bond acceptors (Lipinski definition) is 4. The molecule has 3 aromatic rings. The number of nitrogens with one attached hydrogen (secondary N) is 2. The van der Waals surface area contributed by atoms with Gasteiger partial charge in [0.05, 0.1) is 12.6 Å². The Hall–Kier alpha value is -3.62. The number of pyridine rings is 1. The number of methoxy groups -OCH3 is 1. The third-order valence-electron chi connectivity index (χ3n) is 3.96. The molecule has 29 heavy (non-hydrogen) atoms. The van der Waals surface area contributed by atoms with Crippen molar-refractivity contribution in [2.45, 2.75) is 6.18 Å². The van der Waals surface area contributed by atoms with Gasteiger partial charge in [-0.3, -0.25) is 9.59 Å². The van der Waals surface area contributed by atoms with E-state index >= 15 is 0 Å². The molecular weight excluding hydrogens is 387 g/mol. The molecule has 2 N–H and O–H groups in total. The molecule has 150 valence electrons. The van der Waals surface area contributed by atoms with E-state index in [4.69, 9.17) is 4.74 Å². The minimum absolute atomic E-state index is 0.00869. The third-order valence-corrected chi connectivity index (χ3v) is 3.96. The lowest BCUT2D eigenvalue weighted by Gasteiger charge is -2.10. The van der Waals surface area contributed by atoms with Crippen LogP contribution >= 0.6 is 0 Å². The molecule has 0 bridgehead atoms. The van der Waals surface area contributed by atoms with E-state index in [9.17, 15) is 22.8 Å². The van der Waals surface area contributed by atoms with Crippen molar-refractivity contribution in [1.29, 1.82) is 0 Å². The molecule has 0 atom stereocenters. The SMILES string of the molecule is COc1ccc2nc(C(=O)Nc3cccc(C(=O)NCC(F)(F)F)c3)ccc2c1. The number of carbonyl (C=O) groups is 2. The molecule has 0 aliphatic heterocycles. The number of amides is 2. The lowest BCUT2D eigenvalue weighted by molar-refractivity contribution is -0.123. The minimum Gasteiger partial charge on any atom is -0.497 e. The maximum Gasteiger partial charge on any atom is 0.405 e. The van der Waals surface area contributed by atoms with Crippen LogP contribution in [0.5, 0.6) is 5.75 Å². The summed E-state index contributed by atoms with van der Waals surface area (Å²) in [6, 6.07) is 14.1. The Balaban J connectivity index is 1.73. The minimum atomic E-state index is -4.51. The summed E-state index contributed by atoms with van der Waals surface area (Å²) < 4.78 is 41.9. The number of rotatable bonds is 5. The third kappa shape index (κ3) is 5.22. The van der Waals surface area contributed by atoms with Crippen molar-refractivity contribution in [2.75, 3.05) is 19.0 Å². The van der Waals surface area contributed by atoms with Crippen molar-refractivity contribution in [2.24, 2.45) is 0 Å². The fraction of sp³-hybridized carbons (Fsp3) is 0.150. The second-order valence-corrected chi connectivity index (χ2v) is 6.09. The highest BCUT2D eigenvalue weighted by molar-refractivity contribution is 6.05. The summed E-state index contributed by atoms with van der Waals surface area (Å²) in [5.74, 6) is -0.746. The summed E-state index contributed by atoms with van der Waals surface area (Å²) in [7, 11) is 1.55. The maximum absolute atomic E-state index is 12.5. The Labute approximate surface area is 163 Å². The Bertz CT molecular complexity index is 1070. The number of anilines is 1. The molecule has 9 heteroatoms. The normalized spacial score (nSPS) is 11.2. The van der Waals surface area contributed by atoms with Gasteiger partial charge in [0.2, 0.25) is 0 Å². The van der Waals surface area contributed by atoms with Gasteiger partial charge in [-0.05, 0) is 42.5 Å². The van der Waals surface area contributed by atoms with E-state index in [0.717, 1.165) is 5.39 Å². The number of halogens is 3. The average Bonchev–Trinajstić information content (AvgIpc) is 2.70. The number of alkyl halides is 3. The fourth-order valence-electron chi connectivity index (χ4n) is 2.57. The Morgan fingerprint density at radius 2 is 1.83 bits per heavy atom. The van der Waals surface area contributed by atoms with Crippen LogP contribution in [0.25, 0.3) is 10.9 Å². The number of aromatic nitrogens is 1.